The molecule has 0 aliphatic rings. The van der Waals surface area contributed by atoms with Gasteiger partial charge in [-0.2, -0.15) is 0 Å². The molecule has 0 spiro atoms. The Balaban J connectivity index is 1.93. The lowest BCUT2D eigenvalue weighted by Crippen LogP contribution is -2.05. The van der Waals surface area contributed by atoms with Gasteiger partial charge < -0.3 is 0 Å². The van der Waals surface area contributed by atoms with Gasteiger partial charge in [-0.3, -0.25) is 9.98 Å². The lowest BCUT2D eigenvalue weighted by atomic mass is 10.1. The first-order valence-corrected chi connectivity index (χ1v) is 9.70. The van der Waals surface area contributed by atoms with Gasteiger partial charge in [-0.25, -0.2) is 4.98 Å². The van der Waals surface area contributed by atoms with Crippen molar-refractivity contribution in [3.8, 4) is 0 Å². The molecule has 0 N–H and O–H groups in total. The molecule has 142 valence electrons. The number of rotatable bonds is 4. The first-order chi connectivity index (χ1) is 13.3. The highest BCUT2D eigenvalue weighted by Gasteiger charge is 2.07. The van der Waals surface area contributed by atoms with E-state index in [-0.39, 0.29) is 0 Å². The summed E-state index contributed by atoms with van der Waals surface area (Å²) in [6, 6.07) is 17.2. The summed E-state index contributed by atoms with van der Waals surface area (Å²) >= 11 is 12.1. The van der Waals surface area contributed by atoms with E-state index >= 15 is 0 Å². The molecule has 0 atom stereocenters. The van der Waals surface area contributed by atoms with Crippen LogP contribution in [0.4, 0.5) is 11.4 Å². The van der Waals surface area contributed by atoms with Gasteiger partial charge in [0.1, 0.15) is 0 Å². The Morgan fingerprint density at radius 1 is 0.714 bits per heavy atom. The van der Waals surface area contributed by atoms with Crippen molar-refractivity contribution < 1.29 is 0 Å². The van der Waals surface area contributed by atoms with E-state index in [1.807, 2.05) is 82.3 Å². The molecule has 1 heterocycles. The van der Waals surface area contributed by atoms with Gasteiger partial charge in [0, 0.05) is 10.0 Å². The molecule has 28 heavy (non-hydrogen) atoms. The van der Waals surface area contributed by atoms with E-state index in [9.17, 15) is 0 Å². The predicted octanol–water partition coefficient (Wildman–Crippen LogP) is 7.29. The predicted molar refractivity (Wildman–Crippen MR) is 120 cm³/mol. The highest BCUT2D eigenvalue weighted by atomic mass is 35.5. The lowest BCUT2D eigenvalue weighted by Gasteiger charge is -2.07. The van der Waals surface area contributed by atoms with Gasteiger partial charge in [0.05, 0.1) is 34.2 Å². The molecular weight excluding hydrogens is 389 g/mol. The molecule has 0 saturated carbocycles. The molecule has 0 aliphatic heterocycles. The fourth-order valence-electron chi connectivity index (χ4n) is 2.80. The molecule has 0 bridgehead atoms. The Morgan fingerprint density at radius 3 is 1.54 bits per heavy atom. The topological polar surface area (TPSA) is 37.6 Å². The highest BCUT2D eigenvalue weighted by Crippen LogP contribution is 2.24. The zero-order valence-electron chi connectivity index (χ0n) is 16.3. The van der Waals surface area contributed by atoms with Gasteiger partial charge >= 0.3 is 0 Å². The maximum atomic E-state index is 6.03. The van der Waals surface area contributed by atoms with Crippen molar-refractivity contribution in [1.29, 1.82) is 0 Å². The van der Waals surface area contributed by atoms with Crippen molar-refractivity contribution in [1.82, 2.24) is 4.98 Å². The van der Waals surface area contributed by atoms with Crippen LogP contribution in [0.15, 0.2) is 64.6 Å². The van der Waals surface area contributed by atoms with Crippen LogP contribution in [0.5, 0.6) is 0 Å². The molecule has 2 aromatic carbocycles. The van der Waals surface area contributed by atoms with E-state index in [2.05, 4.69) is 0 Å². The number of aryl methyl sites for hydroxylation is 2. The molecular formula is C23H21Cl2N3. The van der Waals surface area contributed by atoms with Crippen molar-refractivity contribution in [2.45, 2.75) is 27.7 Å². The molecule has 1 aromatic heterocycles. The molecule has 5 heteroatoms. The molecule has 0 saturated heterocycles. The van der Waals surface area contributed by atoms with Crippen molar-refractivity contribution in [2.75, 3.05) is 0 Å². The van der Waals surface area contributed by atoms with Crippen molar-refractivity contribution in [3.05, 3.63) is 87.2 Å². The minimum atomic E-state index is 0.707. The molecule has 3 aromatic rings. The van der Waals surface area contributed by atoms with Crippen LogP contribution in [0.3, 0.4) is 0 Å². The summed E-state index contributed by atoms with van der Waals surface area (Å²) in [7, 11) is 0. The number of benzene rings is 2. The Morgan fingerprint density at radius 2 is 1.14 bits per heavy atom. The molecule has 0 radical (unpaired) electrons. The van der Waals surface area contributed by atoms with Crippen LogP contribution in [0, 0.1) is 13.8 Å². The average molecular weight is 410 g/mol. The largest absolute Gasteiger partial charge is 0.251 e. The van der Waals surface area contributed by atoms with Crippen LogP contribution < -0.4 is 0 Å². The third kappa shape index (κ3) is 4.86. The van der Waals surface area contributed by atoms with Gasteiger partial charge in [-0.15, -0.1) is 0 Å². The van der Waals surface area contributed by atoms with Crippen molar-refractivity contribution in [3.63, 3.8) is 0 Å². The van der Waals surface area contributed by atoms with Gasteiger partial charge in [0.2, 0.25) is 0 Å². The summed E-state index contributed by atoms with van der Waals surface area (Å²) in [4.78, 5) is 14.2. The van der Waals surface area contributed by atoms with Crippen LogP contribution >= 0.6 is 23.2 Å². The number of aliphatic imine (C=N–C) groups is 2. The zero-order valence-corrected chi connectivity index (χ0v) is 17.8. The second kappa shape index (κ2) is 8.68. The van der Waals surface area contributed by atoms with Crippen LogP contribution in [-0.2, 0) is 0 Å². The summed E-state index contributed by atoms with van der Waals surface area (Å²) in [6.07, 6.45) is 0. The molecule has 0 aliphatic carbocycles. The molecule has 3 nitrogen and oxygen atoms in total. The standard InChI is InChI=1S/C23H21Cl2N3/c1-14-12-18(24)8-10-20(14)26-16(3)22-6-5-7-23(28-22)17(4)27-21-11-9-19(25)13-15(21)2/h5-13H,1-4H3. The van der Waals surface area contributed by atoms with Crippen molar-refractivity contribution in [2.24, 2.45) is 9.98 Å². The molecule has 0 amide bonds. The Hall–Kier alpha value is -2.49. The number of hydrogen-bond donors (Lipinski definition) is 0. The number of pyridine rings is 1. The minimum Gasteiger partial charge on any atom is -0.251 e. The van der Waals surface area contributed by atoms with Crippen molar-refractivity contribution >= 4 is 46.0 Å². The smallest absolute Gasteiger partial charge is 0.0849 e. The van der Waals surface area contributed by atoms with E-state index < -0.39 is 0 Å². The maximum Gasteiger partial charge on any atom is 0.0849 e. The first kappa shape index (κ1) is 20.2. The first-order valence-electron chi connectivity index (χ1n) is 8.94. The van der Waals surface area contributed by atoms with Crippen LogP contribution in [0.25, 0.3) is 0 Å². The van der Waals surface area contributed by atoms with E-state index in [1.54, 1.807) is 0 Å². The molecule has 0 unspecified atom stereocenters. The minimum absolute atomic E-state index is 0.707. The molecule has 0 fully saturated rings. The summed E-state index contributed by atoms with van der Waals surface area (Å²) in [5.41, 5.74) is 7.12. The Labute approximate surface area is 175 Å². The normalized spacial score (nSPS) is 12.4. The quantitative estimate of drug-likeness (QED) is 0.416. The summed E-state index contributed by atoms with van der Waals surface area (Å²) in [5.74, 6) is 0. The molecule has 3 rings (SSSR count). The number of halogens is 2. The monoisotopic (exact) mass is 409 g/mol. The van der Waals surface area contributed by atoms with Gasteiger partial charge in [-0.05, 0) is 87.4 Å². The van der Waals surface area contributed by atoms with Crippen LogP contribution in [-0.4, -0.2) is 16.4 Å². The van der Waals surface area contributed by atoms with Crippen LogP contribution in [0.1, 0.15) is 36.4 Å². The number of hydrogen-bond acceptors (Lipinski definition) is 3. The average Bonchev–Trinajstić information content (AvgIpc) is 2.66. The van der Waals surface area contributed by atoms with Gasteiger partial charge in [-0.1, -0.05) is 29.3 Å². The summed E-state index contributed by atoms with van der Waals surface area (Å²) in [6.45, 7) is 7.89. The van der Waals surface area contributed by atoms with E-state index in [0.717, 1.165) is 45.3 Å². The van der Waals surface area contributed by atoms with E-state index in [4.69, 9.17) is 38.2 Å². The number of aromatic nitrogens is 1. The Bertz CT molecular complexity index is 1000. The second-order valence-corrected chi connectivity index (χ2v) is 7.54. The fraction of sp³-hybridized carbons (Fsp3) is 0.174. The van der Waals surface area contributed by atoms with E-state index in [0.29, 0.717) is 10.0 Å². The second-order valence-electron chi connectivity index (χ2n) is 6.66. The van der Waals surface area contributed by atoms with Crippen LogP contribution in [0.2, 0.25) is 10.0 Å². The van der Waals surface area contributed by atoms with E-state index in [1.165, 1.54) is 0 Å². The SMILES string of the molecule is CC(=Nc1ccc(Cl)cc1C)c1cccc(C(C)=Nc2ccc(Cl)cc2C)n1. The summed E-state index contributed by atoms with van der Waals surface area (Å²) < 4.78 is 0. The fourth-order valence-corrected chi connectivity index (χ4v) is 3.26. The van der Waals surface area contributed by atoms with Gasteiger partial charge in [0.25, 0.3) is 0 Å². The summed E-state index contributed by atoms with van der Waals surface area (Å²) in [5, 5.41) is 1.41. The third-order valence-corrected chi connectivity index (χ3v) is 4.85. The number of nitrogens with zero attached hydrogens (tertiary/aromatic N) is 3. The maximum absolute atomic E-state index is 6.03. The zero-order chi connectivity index (χ0) is 20.3. The third-order valence-electron chi connectivity index (χ3n) is 4.38. The van der Waals surface area contributed by atoms with Gasteiger partial charge in [0.15, 0.2) is 0 Å². The lowest BCUT2D eigenvalue weighted by molar-refractivity contribution is 1.23. The highest BCUT2D eigenvalue weighted by molar-refractivity contribution is 6.31. The Kier molecular flexibility index (Phi) is 6.28.